The van der Waals surface area contributed by atoms with E-state index in [0.29, 0.717) is 56.0 Å². The van der Waals surface area contributed by atoms with E-state index in [1.807, 2.05) is 18.2 Å². The van der Waals surface area contributed by atoms with Gasteiger partial charge in [-0.1, -0.05) is 0 Å². The SMILES string of the molecule is O=C(Nc1c[nH]c2ccc(OCC[C@@H]3C[C@@H]4CN(CC(F)(F)F)C[C@@H]4C3)cc12)C1CC(O)C1. The minimum Gasteiger partial charge on any atom is -0.494 e. The predicted octanol–water partition coefficient (Wildman–Crippen LogP) is 4.17. The summed E-state index contributed by atoms with van der Waals surface area (Å²) >= 11 is 0. The summed E-state index contributed by atoms with van der Waals surface area (Å²) in [6.45, 7) is 0.883. The van der Waals surface area contributed by atoms with Crippen LogP contribution in [0, 0.1) is 23.7 Å². The Balaban J connectivity index is 1.10. The third-order valence-corrected chi connectivity index (χ3v) is 7.52. The zero-order chi connectivity index (χ0) is 23.2. The Kier molecular flexibility index (Phi) is 6.03. The monoisotopic (exact) mass is 465 g/mol. The second-order valence-electron chi connectivity index (χ2n) is 10.0. The van der Waals surface area contributed by atoms with Crippen LogP contribution in [0.2, 0.25) is 0 Å². The molecule has 5 rings (SSSR count). The third kappa shape index (κ3) is 5.14. The van der Waals surface area contributed by atoms with Crippen molar-refractivity contribution in [3.8, 4) is 5.75 Å². The van der Waals surface area contributed by atoms with Crippen LogP contribution in [0.3, 0.4) is 0 Å². The quantitative estimate of drug-likeness (QED) is 0.574. The van der Waals surface area contributed by atoms with Gasteiger partial charge < -0.3 is 20.1 Å². The molecule has 0 spiro atoms. The van der Waals surface area contributed by atoms with Gasteiger partial charge in [0.25, 0.3) is 0 Å². The molecule has 0 bridgehead atoms. The van der Waals surface area contributed by atoms with Crippen molar-refractivity contribution in [2.24, 2.45) is 23.7 Å². The van der Waals surface area contributed by atoms with Crippen LogP contribution in [0.4, 0.5) is 18.9 Å². The topological polar surface area (TPSA) is 77.6 Å². The average molecular weight is 466 g/mol. The van der Waals surface area contributed by atoms with Crippen LogP contribution in [-0.2, 0) is 4.79 Å². The van der Waals surface area contributed by atoms with Crippen molar-refractivity contribution in [3.05, 3.63) is 24.4 Å². The highest BCUT2D eigenvalue weighted by Gasteiger charge is 2.43. The van der Waals surface area contributed by atoms with Crippen molar-refractivity contribution in [3.63, 3.8) is 0 Å². The van der Waals surface area contributed by atoms with E-state index in [1.165, 1.54) is 0 Å². The molecule has 33 heavy (non-hydrogen) atoms. The summed E-state index contributed by atoms with van der Waals surface area (Å²) in [7, 11) is 0. The van der Waals surface area contributed by atoms with Crippen molar-refractivity contribution < 1.29 is 27.8 Å². The lowest BCUT2D eigenvalue weighted by Gasteiger charge is -2.29. The van der Waals surface area contributed by atoms with Gasteiger partial charge in [-0.05, 0) is 68.1 Å². The first kappa shape index (κ1) is 22.5. The Hall–Kier alpha value is -2.26. The Morgan fingerprint density at radius 3 is 2.58 bits per heavy atom. The lowest BCUT2D eigenvalue weighted by Crippen LogP contribution is -2.37. The van der Waals surface area contributed by atoms with Crippen molar-refractivity contribution in [1.29, 1.82) is 0 Å². The number of hydrogen-bond acceptors (Lipinski definition) is 4. The maximum absolute atomic E-state index is 12.6. The number of H-pyrrole nitrogens is 1. The van der Waals surface area contributed by atoms with Gasteiger partial charge in [-0.3, -0.25) is 9.69 Å². The first-order chi connectivity index (χ1) is 15.7. The van der Waals surface area contributed by atoms with E-state index in [2.05, 4.69) is 10.3 Å². The van der Waals surface area contributed by atoms with Crippen LogP contribution >= 0.6 is 0 Å². The summed E-state index contributed by atoms with van der Waals surface area (Å²) < 4.78 is 43.9. The smallest absolute Gasteiger partial charge is 0.401 e. The van der Waals surface area contributed by atoms with E-state index >= 15 is 0 Å². The fourth-order valence-corrected chi connectivity index (χ4v) is 5.81. The molecule has 2 heterocycles. The maximum atomic E-state index is 12.6. The van der Waals surface area contributed by atoms with Crippen molar-refractivity contribution in [1.82, 2.24) is 9.88 Å². The standard InChI is InChI=1S/C24H30F3N3O3/c25-24(26,27)13-30-11-16-5-14(6-17(16)12-30)3-4-33-19-1-2-21-20(9-19)22(10-28-21)29-23(32)15-7-18(31)8-15/h1-2,9-10,14-18,28,31H,3-8,11-13H2,(H,29,32)/t14-,15?,16-,17+,18?. The van der Waals surface area contributed by atoms with Crippen LogP contribution in [0.15, 0.2) is 24.4 Å². The molecule has 3 atom stereocenters. The predicted molar refractivity (Wildman–Crippen MR) is 118 cm³/mol. The third-order valence-electron chi connectivity index (χ3n) is 7.52. The first-order valence-electron chi connectivity index (χ1n) is 11.8. The van der Waals surface area contributed by atoms with Gasteiger partial charge in [0.05, 0.1) is 24.9 Å². The number of nitrogens with zero attached hydrogens (tertiary/aromatic N) is 1. The summed E-state index contributed by atoms with van der Waals surface area (Å²) in [5, 5.41) is 13.2. The molecule has 1 aromatic heterocycles. The van der Waals surface area contributed by atoms with Gasteiger partial charge in [0, 0.05) is 36.1 Å². The molecular formula is C24H30F3N3O3. The molecule has 180 valence electrons. The molecule has 3 aliphatic rings. The molecule has 2 aliphatic carbocycles. The summed E-state index contributed by atoms with van der Waals surface area (Å²) in [6.07, 6.45) is 1.14. The number of aliphatic hydroxyl groups excluding tert-OH is 1. The summed E-state index contributed by atoms with van der Waals surface area (Å²) in [5.41, 5.74) is 1.60. The number of likely N-dealkylation sites (tertiary alicyclic amines) is 1. The number of aliphatic hydroxyl groups is 1. The van der Waals surface area contributed by atoms with Gasteiger partial charge in [0.15, 0.2) is 0 Å². The number of aromatic nitrogens is 1. The number of benzene rings is 1. The summed E-state index contributed by atoms with van der Waals surface area (Å²) in [5.74, 6) is 1.75. The van der Waals surface area contributed by atoms with Gasteiger partial charge in [0.1, 0.15) is 5.75 Å². The normalized spacial score (nSPS) is 29.8. The highest BCUT2D eigenvalue weighted by Crippen LogP contribution is 2.43. The van der Waals surface area contributed by atoms with Crippen LogP contribution in [0.25, 0.3) is 10.9 Å². The maximum Gasteiger partial charge on any atom is 0.401 e. The first-order valence-corrected chi connectivity index (χ1v) is 11.8. The van der Waals surface area contributed by atoms with Crippen LogP contribution in [0.1, 0.15) is 32.1 Å². The minimum atomic E-state index is -4.12. The molecule has 0 unspecified atom stereocenters. The fraction of sp³-hybridized carbons (Fsp3) is 0.625. The van der Waals surface area contributed by atoms with Gasteiger partial charge in [0.2, 0.25) is 5.91 Å². The number of aromatic amines is 1. The number of fused-ring (bicyclic) bond motifs is 2. The summed E-state index contributed by atoms with van der Waals surface area (Å²) in [6, 6.07) is 5.73. The van der Waals surface area contributed by atoms with Crippen LogP contribution in [0.5, 0.6) is 5.75 Å². The second-order valence-corrected chi connectivity index (χ2v) is 10.0. The largest absolute Gasteiger partial charge is 0.494 e. The molecule has 1 amide bonds. The number of nitrogens with one attached hydrogen (secondary N) is 2. The molecule has 1 aliphatic heterocycles. The van der Waals surface area contributed by atoms with E-state index in [1.54, 1.807) is 11.1 Å². The number of ether oxygens (including phenoxy) is 1. The highest BCUT2D eigenvalue weighted by molar-refractivity contribution is 6.03. The van der Waals surface area contributed by atoms with Crippen molar-refractivity contribution in [2.75, 3.05) is 31.6 Å². The number of alkyl halides is 3. The zero-order valence-corrected chi connectivity index (χ0v) is 18.4. The van der Waals surface area contributed by atoms with Gasteiger partial charge in [-0.2, -0.15) is 13.2 Å². The molecule has 1 aromatic carbocycles. The second kappa shape index (κ2) is 8.83. The molecule has 1 saturated heterocycles. The van der Waals surface area contributed by atoms with Crippen LogP contribution in [-0.4, -0.2) is 59.4 Å². The van der Waals surface area contributed by atoms with Gasteiger partial charge in [-0.25, -0.2) is 0 Å². The van der Waals surface area contributed by atoms with E-state index in [-0.39, 0.29) is 17.9 Å². The number of carbonyl (C=O) groups excluding carboxylic acids is 1. The lowest BCUT2D eigenvalue weighted by atomic mass is 9.82. The van der Waals surface area contributed by atoms with Gasteiger partial charge in [-0.15, -0.1) is 0 Å². The molecule has 0 radical (unpaired) electrons. The number of rotatable bonds is 7. The molecule has 2 aromatic rings. The Labute approximate surface area is 190 Å². The van der Waals surface area contributed by atoms with Crippen molar-refractivity contribution in [2.45, 2.75) is 44.4 Å². The van der Waals surface area contributed by atoms with E-state index in [9.17, 15) is 23.1 Å². The van der Waals surface area contributed by atoms with E-state index < -0.39 is 12.7 Å². The fourth-order valence-electron chi connectivity index (χ4n) is 5.81. The van der Waals surface area contributed by atoms with Crippen LogP contribution < -0.4 is 10.1 Å². The molecular weight excluding hydrogens is 435 g/mol. The Bertz CT molecular complexity index is 988. The lowest BCUT2D eigenvalue weighted by molar-refractivity contribution is -0.144. The highest BCUT2D eigenvalue weighted by atomic mass is 19.4. The number of anilines is 1. The number of halogens is 3. The molecule has 9 heteroatoms. The number of hydrogen-bond donors (Lipinski definition) is 3. The Morgan fingerprint density at radius 1 is 1.18 bits per heavy atom. The average Bonchev–Trinajstić information content (AvgIpc) is 3.37. The molecule has 2 saturated carbocycles. The van der Waals surface area contributed by atoms with E-state index in [0.717, 1.165) is 35.9 Å². The Morgan fingerprint density at radius 2 is 1.91 bits per heavy atom. The molecule has 3 N–H and O–H groups in total. The molecule has 3 fully saturated rings. The van der Waals surface area contributed by atoms with Crippen molar-refractivity contribution >= 4 is 22.5 Å². The van der Waals surface area contributed by atoms with Gasteiger partial charge >= 0.3 is 6.18 Å². The molecule has 6 nitrogen and oxygen atoms in total. The minimum absolute atomic E-state index is 0.0758. The number of amides is 1. The number of carbonyl (C=O) groups is 1. The summed E-state index contributed by atoms with van der Waals surface area (Å²) in [4.78, 5) is 17.0. The zero-order valence-electron chi connectivity index (χ0n) is 18.4. The van der Waals surface area contributed by atoms with E-state index in [4.69, 9.17) is 4.74 Å².